The molecule has 0 saturated carbocycles. The molecule has 1 aromatic heterocycles. The van der Waals surface area contributed by atoms with Gasteiger partial charge in [-0.05, 0) is 94.3 Å². The molecule has 0 aliphatic carbocycles. The summed E-state index contributed by atoms with van der Waals surface area (Å²) in [4.78, 5) is 56.5. The molecule has 3 aromatic rings. The lowest BCUT2D eigenvalue weighted by molar-refractivity contribution is -0.133. The van der Waals surface area contributed by atoms with Gasteiger partial charge in [0.25, 0.3) is 12.0 Å². The second-order valence-corrected chi connectivity index (χ2v) is 15.5. The number of carbonyl (C=O) groups excluding carboxylic acids is 2. The van der Waals surface area contributed by atoms with Crippen molar-refractivity contribution in [2.24, 2.45) is 11.8 Å². The summed E-state index contributed by atoms with van der Waals surface area (Å²) < 4.78 is 35.6. The number of amides is 2. The van der Waals surface area contributed by atoms with Gasteiger partial charge in [0, 0.05) is 61.7 Å². The highest BCUT2D eigenvalue weighted by Crippen LogP contribution is 2.30. The molecule has 5 heterocycles. The number of benzene rings is 2. The van der Waals surface area contributed by atoms with Gasteiger partial charge in [0.1, 0.15) is 28.9 Å². The number of fused-ring (bicyclic) bond motifs is 1. The molecule has 0 bridgehead atoms. The van der Waals surface area contributed by atoms with E-state index in [1.807, 2.05) is 0 Å². The Bertz CT molecular complexity index is 1930. The molecule has 0 radical (unpaired) electrons. The lowest BCUT2D eigenvalue weighted by Crippen LogP contribution is -2.47. The van der Waals surface area contributed by atoms with E-state index in [9.17, 15) is 14.4 Å². The van der Waals surface area contributed by atoms with Crippen molar-refractivity contribution in [2.45, 2.75) is 68.4 Å². The predicted octanol–water partition coefficient (Wildman–Crippen LogP) is 4.51. The number of hydrogen-bond donors (Lipinski definition) is 4. The molecule has 4 N–H and O–H groups in total. The van der Waals surface area contributed by atoms with Crippen LogP contribution in [0.15, 0.2) is 35.1 Å². The van der Waals surface area contributed by atoms with Crippen molar-refractivity contribution in [3.63, 3.8) is 0 Å². The molecular formula is C39H46F2N6O6S. The van der Waals surface area contributed by atoms with Gasteiger partial charge in [-0.15, -0.1) is 0 Å². The lowest BCUT2D eigenvalue weighted by Gasteiger charge is -2.38. The second kappa shape index (κ2) is 18.7. The zero-order chi connectivity index (χ0) is 38.0. The molecule has 12 nitrogen and oxygen atoms in total. The van der Waals surface area contributed by atoms with Gasteiger partial charge in [-0.1, -0.05) is 11.8 Å². The van der Waals surface area contributed by atoms with Gasteiger partial charge in [0.05, 0.1) is 17.0 Å². The molecule has 0 spiro atoms. The number of ether oxygens (including phenoxy) is 1. The van der Waals surface area contributed by atoms with Crippen molar-refractivity contribution in [2.75, 3.05) is 56.2 Å². The third kappa shape index (κ3) is 10.4. The molecule has 1 unspecified atom stereocenters. The van der Waals surface area contributed by atoms with Crippen molar-refractivity contribution >= 4 is 52.3 Å². The zero-order valence-corrected chi connectivity index (χ0v) is 30.9. The average Bonchev–Trinajstić information content (AvgIpc) is 3.16. The molecule has 4 aliphatic rings. The van der Waals surface area contributed by atoms with E-state index in [1.54, 1.807) is 30.0 Å². The Kier molecular flexibility index (Phi) is 13.6. The first-order valence-corrected chi connectivity index (χ1v) is 19.6. The number of thioether (sulfide) groups is 1. The van der Waals surface area contributed by atoms with Crippen LogP contribution in [-0.4, -0.2) is 95.5 Å². The van der Waals surface area contributed by atoms with Crippen LogP contribution in [0.1, 0.15) is 62.8 Å². The number of halogens is 2. The van der Waals surface area contributed by atoms with E-state index in [2.05, 4.69) is 42.2 Å². The number of aromatic nitrogens is 2. The first kappa shape index (κ1) is 39.2. The van der Waals surface area contributed by atoms with Crippen LogP contribution in [-0.2, 0) is 24.9 Å². The van der Waals surface area contributed by atoms with E-state index in [4.69, 9.17) is 14.6 Å². The van der Waals surface area contributed by atoms with Crippen molar-refractivity contribution < 1.29 is 33.0 Å². The summed E-state index contributed by atoms with van der Waals surface area (Å²) in [5, 5.41) is 12.7. The highest BCUT2D eigenvalue weighted by molar-refractivity contribution is 7.99. The van der Waals surface area contributed by atoms with Crippen LogP contribution >= 0.6 is 11.8 Å². The van der Waals surface area contributed by atoms with E-state index >= 15 is 8.78 Å². The van der Waals surface area contributed by atoms with Gasteiger partial charge >= 0.3 is 0 Å². The Morgan fingerprint density at radius 2 is 1.72 bits per heavy atom. The van der Waals surface area contributed by atoms with Crippen molar-refractivity contribution in [3.05, 3.63) is 63.7 Å². The van der Waals surface area contributed by atoms with E-state index in [1.165, 1.54) is 12.1 Å². The molecule has 54 heavy (non-hydrogen) atoms. The van der Waals surface area contributed by atoms with Crippen LogP contribution in [0.25, 0.3) is 10.9 Å². The molecule has 2 aromatic carbocycles. The second-order valence-electron chi connectivity index (χ2n) is 14.2. The number of anilines is 2. The number of carbonyl (C=O) groups is 3. The summed E-state index contributed by atoms with van der Waals surface area (Å²) in [6.07, 6.45) is 6.45. The van der Waals surface area contributed by atoms with E-state index in [0.717, 1.165) is 84.5 Å². The number of rotatable bonds is 8. The number of piperidine rings is 3. The summed E-state index contributed by atoms with van der Waals surface area (Å²) in [5.41, 5.74) is 1.51. The normalized spacial score (nSPS) is 20.4. The Morgan fingerprint density at radius 3 is 2.43 bits per heavy atom. The van der Waals surface area contributed by atoms with Crippen LogP contribution < -0.4 is 21.1 Å². The van der Waals surface area contributed by atoms with Crippen LogP contribution in [0.2, 0.25) is 0 Å². The molecule has 4 fully saturated rings. The number of H-pyrrole nitrogens is 1. The van der Waals surface area contributed by atoms with Gasteiger partial charge in [-0.25, -0.2) is 13.8 Å². The van der Waals surface area contributed by atoms with Gasteiger partial charge in [-0.3, -0.25) is 24.5 Å². The summed E-state index contributed by atoms with van der Waals surface area (Å²) in [7, 11) is 0. The van der Waals surface area contributed by atoms with Gasteiger partial charge in [0.15, 0.2) is 0 Å². The smallest absolute Gasteiger partial charge is 0.290 e. The number of nitrogens with one attached hydrogen (secondary N) is 3. The summed E-state index contributed by atoms with van der Waals surface area (Å²) in [5.74, 6) is 6.81. The van der Waals surface area contributed by atoms with Crippen LogP contribution in [0.3, 0.4) is 0 Å². The molecule has 4 aliphatic heterocycles. The third-order valence-corrected chi connectivity index (χ3v) is 11.8. The monoisotopic (exact) mass is 764 g/mol. The predicted molar refractivity (Wildman–Crippen MR) is 203 cm³/mol. The Labute approximate surface area is 316 Å². The van der Waals surface area contributed by atoms with Gasteiger partial charge in [0.2, 0.25) is 11.8 Å². The lowest BCUT2D eigenvalue weighted by atomic mass is 9.92. The molecule has 15 heteroatoms. The molecule has 1 atom stereocenters. The Hall–Kier alpha value is -4.52. The third-order valence-electron chi connectivity index (χ3n) is 10.4. The summed E-state index contributed by atoms with van der Waals surface area (Å²) in [6.45, 7) is 5.73. The first-order valence-electron chi connectivity index (χ1n) is 18.6. The number of aromatic amines is 1. The zero-order valence-electron chi connectivity index (χ0n) is 30.1. The molecule has 2 amide bonds. The number of hydrogen-bond acceptors (Lipinski definition) is 10. The molecular weight excluding hydrogens is 719 g/mol. The minimum Gasteiger partial charge on any atom is -0.483 e. The van der Waals surface area contributed by atoms with Gasteiger partial charge in [-0.2, -0.15) is 11.8 Å². The number of imide groups is 1. The maximum absolute atomic E-state index is 15.1. The largest absolute Gasteiger partial charge is 0.483 e. The minimum atomic E-state index is -0.600. The molecule has 288 valence electrons. The highest BCUT2D eigenvalue weighted by atomic mass is 32.2. The topological polar surface area (TPSA) is 157 Å². The van der Waals surface area contributed by atoms with Gasteiger partial charge < -0.3 is 29.9 Å². The first-order chi connectivity index (χ1) is 26.2. The molecule has 4 saturated heterocycles. The maximum Gasteiger partial charge on any atom is 0.290 e. The van der Waals surface area contributed by atoms with Crippen LogP contribution in [0.5, 0.6) is 0 Å². The fourth-order valence-corrected chi connectivity index (χ4v) is 8.56. The fraction of sp³-hybridized carbons (Fsp3) is 0.513. The maximum atomic E-state index is 15.1. The summed E-state index contributed by atoms with van der Waals surface area (Å²) in [6, 6.07) is 7.50. The van der Waals surface area contributed by atoms with E-state index in [-0.39, 0.29) is 41.8 Å². The SMILES string of the molecule is O=C1CCC(Nc2ccc(N3CCC(CN4CCC(C#Cc5cc(F)c6c(=O)[nH]c(CSC7CCOCC7)nc6c5)CC4)CC3)c(F)c2)C(=O)N1.O=CO. The van der Waals surface area contributed by atoms with Crippen molar-refractivity contribution in [1.29, 1.82) is 0 Å². The fourth-order valence-electron chi connectivity index (χ4n) is 7.50. The average molecular weight is 765 g/mol. The summed E-state index contributed by atoms with van der Waals surface area (Å²) >= 11 is 1.75. The Balaban J connectivity index is 0.00000160. The van der Waals surface area contributed by atoms with E-state index < -0.39 is 17.4 Å². The number of nitrogens with zero attached hydrogens (tertiary/aromatic N) is 3. The molecule has 7 rings (SSSR count). The minimum absolute atomic E-state index is 0.0260. The standard InChI is InChI=1S/C38H44F2N6O4S.CH2O2/c39-29-21-27(41-31-4-6-35(47)44-37(31)48)3-5-33(29)46-15-9-25(10-16-46)22-45-13-7-24(8-14-45)1-2-26-19-30(40)36-32(20-26)42-34(43-38(36)49)23-51-28-11-17-50-18-12-28;2-1-3/h3,5,19-21,24-25,28,31,41H,4,6-18,22-23H2,(H,42,43,49)(H,44,47,48);1H,(H,2,3). The quantitative estimate of drug-likeness (QED) is 0.145. The Morgan fingerprint density at radius 1 is 0.981 bits per heavy atom. The van der Waals surface area contributed by atoms with Crippen LogP contribution in [0, 0.1) is 35.3 Å². The number of likely N-dealkylation sites (tertiary alicyclic amines) is 1. The van der Waals surface area contributed by atoms with Crippen molar-refractivity contribution in [3.8, 4) is 11.8 Å². The van der Waals surface area contributed by atoms with E-state index in [0.29, 0.717) is 51.6 Å². The number of carboxylic acid groups (broad SMARTS) is 1. The van der Waals surface area contributed by atoms with Crippen molar-refractivity contribution in [1.82, 2.24) is 20.2 Å². The highest BCUT2D eigenvalue weighted by Gasteiger charge is 2.28. The van der Waals surface area contributed by atoms with Crippen LogP contribution in [0.4, 0.5) is 20.2 Å².